The normalized spacial score (nSPS) is 24.8. The van der Waals surface area contributed by atoms with Gasteiger partial charge in [-0.15, -0.1) is 24.0 Å². The maximum absolute atomic E-state index is 6.03. The third kappa shape index (κ3) is 4.25. The first-order chi connectivity index (χ1) is 9.26. The van der Waals surface area contributed by atoms with Gasteiger partial charge in [-0.1, -0.05) is 23.7 Å². The summed E-state index contributed by atoms with van der Waals surface area (Å²) in [4.78, 5) is 4.28. The van der Waals surface area contributed by atoms with Crippen molar-refractivity contribution in [3.63, 3.8) is 0 Å². The third-order valence-electron chi connectivity index (χ3n) is 3.87. The van der Waals surface area contributed by atoms with Crippen molar-refractivity contribution in [3.8, 4) is 0 Å². The van der Waals surface area contributed by atoms with Crippen LogP contribution in [-0.4, -0.2) is 25.6 Å². The maximum Gasteiger partial charge on any atom is 0.191 e. The van der Waals surface area contributed by atoms with Crippen LogP contribution in [-0.2, 0) is 0 Å². The number of hydrogen-bond donors (Lipinski definition) is 2. The van der Waals surface area contributed by atoms with Crippen molar-refractivity contribution >= 4 is 41.5 Å². The fourth-order valence-electron chi connectivity index (χ4n) is 2.39. The molecule has 2 N–H and O–H groups in total. The van der Waals surface area contributed by atoms with Crippen LogP contribution in [0.25, 0.3) is 0 Å². The molecule has 0 bridgehead atoms. The maximum atomic E-state index is 6.03. The number of nitrogens with one attached hydrogen (secondary N) is 2. The zero-order valence-corrected chi connectivity index (χ0v) is 14.7. The van der Waals surface area contributed by atoms with E-state index in [1.54, 1.807) is 0 Å². The monoisotopic (exact) mass is 405 g/mol. The van der Waals surface area contributed by atoms with Gasteiger partial charge in [-0.3, -0.25) is 4.99 Å². The molecule has 0 radical (unpaired) electrons. The molecule has 2 aliphatic rings. The Bertz CT molecular complexity index is 488. The molecule has 2 unspecified atom stereocenters. The van der Waals surface area contributed by atoms with Crippen LogP contribution in [0.3, 0.4) is 0 Å². The summed E-state index contributed by atoms with van der Waals surface area (Å²) in [6.45, 7) is 1.05. The molecule has 2 fully saturated rings. The first kappa shape index (κ1) is 15.9. The van der Waals surface area contributed by atoms with Gasteiger partial charge in [-0.05, 0) is 42.9 Å². The van der Waals surface area contributed by atoms with Crippen LogP contribution >= 0.6 is 35.6 Å². The minimum atomic E-state index is 0. The number of guanidine groups is 1. The highest BCUT2D eigenvalue weighted by molar-refractivity contribution is 14.0. The number of halogens is 2. The average molecular weight is 406 g/mol. The Balaban J connectivity index is 0.00000147. The lowest BCUT2D eigenvalue weighted by molar-refractivity contribution is 0.731. The second kappa shape index (κ2) is 6.98. The Morgan fingerprint density at radius 3 is 2.85 bits per heavy atom. The number of aliphatic imine (C=N–C) groups is 1. The van der Waals surface area contributed by atoms with Gasteiger partial charge in [0.25, 0.3) is 0 Å². The highest BCUT2D eigenvalue weighted by Crippen LogP contribution is 2.41. The molecule has 0 aromatic heterocycles. The van der Waals surface area contributed by atoms with Crippen LogP contribution in [0.5, 0.6) is 0 Å². The zero-order valence-electron chi connectivity index (χ0n) is 11.6. The standard InChI is InChI=1S/C15H20ClN3.HI/c1-17-15(18-9-10-5-6-10)19-14-8-13(14)11-3-2-4-12(16)7-11;/h2-4,7,10,13-14H,5-6,8-9H2,1H3,(H2,17,18,19);1H. The predicted octanol–water partition coefficient (Wildman–Crippen LogP) is 3.39. The minimum absolute atomic E-state index is 0. The van der Waals surface area contributed by atoms with Crippen molar-refractivity contribution in [2.24, 2.45) is 10.9 Å². The van der Waals surface area contributed by atoms with E-state index in [9.17, 15) is 0 Å². The molecule has 0 amide bonds. The molecule has 2 saturated carbocycles. The molecule has 20 heavy (non-hydrogen) atoms. The summed E-state index contributed by atoms with van der Waals surface area (Å²) in [6, 6.07) is 8.65. The summed E-state index contributed by atoms with van der Waals surface area (Å²) < 4.78 is 0. The summed E-state index contributed by atoms with van der Waals surface area (Å²) >= 11 is 6.03. The van der Waals surface area contributed by atoms with Gasteiger partial charge >= 0.3 is 0 Å². The number of rotatable bonds is 4. The SMILES string of the molecule is CN=C(NCC1CC1)NC1CC1c1cccc(Cl)c1.I. The van der Waals surface area contributed by atoms with E-state index in [-0.39, 0.29) is 24.0 Å². The lowest BCUT2D eigenvalue weighted by Crippen LogP contribution is -2.39. The molecule has 5 heteroatoms. The minimum Gasteiger partial charge on any atom is -0.356 e. The Morgan fingerprint density at radius 1 is 1.40 bits per heavy atom. The quantitative estimate of drug-likeness (QED) is 0.458. The topological polar surface area (TPSA) is 36.4 Å². The lowest BCUT2D eigenvalue weighted by atomic mass is 10.1. The summed E-state index contributed by atoms with van der Waals surface area (Å²) in [5.74, 6) is 2.36. The van der Waals surface area contributed by atoms with Crippen molar-refractivity contribution in [2.45, 2.75) is 31.2 Å². The van der Waals surface area contributed by atoms with Crippen LogP contribution < -0.4 is 10.6 Å². The zero-order chi connectivity index (χ0) is 13.2. The highest BCUT2D eigenvalue weighted by atomic mass is 127. The molecule has 1 aromatic rings. The Labute approximate surface area is 142 Å². The number of hydrogen-bond acceptors (Lipinski definition) is 1. The van der Waals surface area contributed by atoms with Gasteiger partial charge in [0, 0.05) is 30.6 Å². The van der Waals surface area contributed by atoms with E-state index in [1.807, 2.05) is 19.2 Å². The van der Waals surface area contributed by atoms with Gasteiger partial charge in [0.1, 0.15) is 0 Å². The average Bonchev–Trinajstić information content (AvgIpc) is 3.29. The first-order valence-corrected chi connectivity index (χ1v) is 7.36. The second-order valence-corrected chi connectivity index (χ2v) is 5.98. The van der Waals surface area contributed by atoms with Crippen LogP contribution in [0, 0.1) is 5.92 Å². The molecule has 1 aromatic carbocycles. The van der Waals surface area contributed by atoms with Gasteiger partial charge in [0.2, 0.25) is 0 Å². The molecular formula is C15H21ClIN3. The second-order valence-electron chi connectivity index (χ2n) is 5.54. The van der Waals surface area contributed by atoms with E-state index in [2.05, 4.69) is 27.8 Å². The summed E-state index contributed by atoms with van der Waals surface area (Å²) in [5, 5.41) is 7.71. The summed E-state index contributed by atoms with van der Waals surface area (Å²) in [6.07, 6.45) is 3.88. The first-order valence-electron chi connectivity index (χ1n) is 6.99. The van der Waals surface area contributed by atoms with Crippen LogP contribution in [0.1, 0.15) is 30.7 Å². The largest absolute Gasteiger partial charge is 0.356 e. The molecule has 2 aliphatic carbocycles. The summed E-state index contributed by atoms with van der Waals surface area (Å²) in [5.41, 5.74) is 1.32. The van der Waals surface area contributed by atoms with Gasteiger partial charge in [-0.25, -0.2) is 0 Å². The van der Waals surface area contributed by atoms with Crippen LogP contribution in [0.15, 0.2) is 29.3 Å². The lowest BCUT2D eigenvalue weighted by Gasteiger charge is -2.11. The fourth-order valence-corrected chi connectivity index (χ4v) is 2.59. The van der Waals surface area contributed by atoms with Gasteiger partial charge in [-0.2, -0.15) is 0 Å². The smallest absolute Gasteiger partial charge is 0.191 e. The molecule has 0 spiro atoms. The number of benzene rings is 1. The Morgan fingerprint density at radius 2 is 2.20 bits per heavy atom. The van der Waals surface area contributed by atoms with Crippen molar-refractivity contribution in [2.75, 3.05) is 13.6 Å². The molecule has 2 atom stereocenters. The molecule has 3 rings (SSSR count). The fraction of sp³-hybridized carbons (Fsp3) is 0.533. The van der Waals surface area contributed by atoms with E-state index < -0.39 is 0 Å². The van der Waals surface area contributed by atoms with E-state index in [0.717, 1.165) is 29.9 Å². The van der Waals surface area contributed by atoms with Gasteiger partial charge in [0.05, 0.1) is 0 Å². The molecule has 0 saturated heterocycles. The van der Waals surface area contributed by atoms with Crippen molar-refractivity contribution in [1.82, 2.24) is 10.6 Å². The van der Waals surface area contributed by atoms with Gasteiger partial charge in [0.15, 0.2) is 5.96 Å². The van der Waals surface area contributed by atoms with Crippen LogP contribution in [0.2, 0.25) is 5.02 Å². The van der Waals surface area contributed by atoms with Crippen molar-refractivity contribution < 1.29 is 0 Å². The third-order valence-corrected chi connectivity index (χ3v) is 4.10. The molecule has 0 aliphatic heterocycles. The van der Waals surface area contributed by atoms with Gasteiger partial charge < -0.3 is 10.6 Å². The van der Waals surface area contributed by atoms with Crippen molar-refractivity contribution in [3.05, 3.63) is 34.9 Å². The van der Waals surface area contributed by atoms with E-state index >= 15 is 0 Å². The predicted molar refractivity (Wildman–Crippen MR) is 95.2 cm³/mol. The van der Waals surface area contributed by atoms with E-state index in [4.69, 9.17) is 11.6 Å². The van der Waals surface area contributed by atoms with E-state index in [0.29, 0.717) is 12.0 Å². The Hall–Kier alpha value is -0.490. The van der Waals surface area contributed by atoms with Crippen molar-refractivity contribution in [1.29, 1.82) is 0 Å². The summed E-state index contributed by atoms with van der Waals surface area (Å²) in [7, 11) is 1.83. The van der Waals surface area contributed by atoms with Crippen LogP contribution in [0.4, 0.5) is 0 Å². The van der Waals surface area contributed by atoms with E-state index in [1.165, 1.54) is 18.4 Å². The molecule has 0 heterocycles. The molecule has 3 nitrogen and oxygen atoms in total. The number of nitrogens with zero attached hydrogens (tertiary/aromatic N) is 1. The molecule has 110 valence electrons. The highest BCUT2D eigenvalue weighted by Gasteiger charge is 2.39. The Kier molecular flexibility index (Phi) is 5.55. The molecular weight excluding hydrogens is 385 g/mol.